The molecule has 1 amide bonds. The quantitative estimate of drug-likeness (QED) is 0.548. The highest BCUT2D eigenvalue weighted by Crippen LogP contribution is 2.35. The van der Waals surface area contributed by atoms with E-state index in [2.05, 4.69) is 44.3 Å². The zero-order valence-electron chi connectivity index (χ0n) is 19.1. The van der Waals surface area contributed by atoms with Gasteiger partial charge in [-0.1, -0.05) is 44.2 Å². The van der Waals surface area contributed by atoms with Gasteiger partial charge in [-0.3, -0.25) is 4.79 Å². The van der Waals surface area contributed by atoms with Crippen molar-refractivity contribution in [3.05, 3.63) is 59.2 Å². The molecule has 5 nitrogen and oxygen atoms in total. The summed E-state index contributed by atoms with van der Waals surface area (Å²) in [5, 5.41) is 10.8. The van der Waals surface area contributed by atoms with Gasteiger partial charge in [0, 0.05) is 18.2 Å². The largest absolute Gasteiger partial charge is 0.490 e. The number of rotatable bonds is 5. The Kier molecular flexibility index (Phi) is 8.66. The molecule has 8 heteroatoms. The van der Waals surface area contributed by atoms with Crippen LogP contribution in [0.25, 0.3) is 11.1 Å². The average molecular weight is 465 g/mol. The molecule has 0 radical (unpaired) electrons. The number of hydrogen-bond donors (Lipinski definition) is 3. The maximum absolute atomic E-state index is 11.4. The zero-order chi connectivity index (χ0) is 24.8. The van der Waals surface area contributed by atoms with E-state index in [1.165, 1.54) is 36.8 Å². The first-order valence-corrected chi connectivity index (χ1v) is 10.8. The second kappa shape index (κ2) is 10.8. The number of aliphatic carboxylic acids is 1. The summed E-state index contributed by atoms with van der Waals surface area (Å²) in [5.74, 6) is -3.14. The van der Waals surface area contributed by atoms with Gasteiger partial charge in [0.25, 0.3) is 0 Å². The lowest BCUT2D eigenvalue weighted by atomic mass is 9.75. The van der Waals surface area contributed by atoms with E-state index in [1.54, 1.807) is 6.07 Å². The van der Waals surface area contributed by atoms with Crippen LogP contribution in [0.2, 0.25) is 0 Å². The van der Waals surface area contributed by atoms with E-state index in [-0.39, 0.29) is 5.91 Å². The van der Waals surface area contributed by atoms with E-state index < -0.39 is 12.1 Å². The second-order valence-corrected chi connectivity index (χ2v) is 9.22. The molecule has 0 unspecified atom stereocenters. The number of hydrogen-bond acceptors (Lipinski definition) is 3. The molecule has 0 bridgehead atoms. The monoisotopic (exact) mass is 464 g/mol. The molecule has 0 aromatic heterocycles. The minimum atomic E-state index is -5.08. The standard InChI is InChI=1S/C23H30N2O.C2HF3O2/c1-16-13-17(15-25-20-9-11-23(2,3)12-10-20)7-8-21(16)18-5-4-6-19(14-18)22(24)26;3-2(4,5)1(6)7/h4-8,13-14,20,25H,9-12,15H2,1-3H3,(H2,24,26);(H,6,7). The van der Waals surface area contributed by atoms with Crippen molar-refractivity contribution in [2.24, 2.45) is 11.1 Å². The van der Waals surface area contributed by atoms with Crippen LogP contribution in [0.15, 0.2) is 42.5 Å². The van der Waals surface area contributed by atoms with Crippen LogP contribution in [0.5, 0.6) is 0 Å². The summed E-state index contributed by atoms with van der Waals surface area (Å²) in [6.45, 7) is 7.78. The van der Waals surface area contributed by atoms with Crippen molar-refractivity contribution in [1.82, 2.24) is 5.32 Å². The number of benzene rings is 2. The van der Waals surface area contributed by atoms with Crippen molar-refractivity contribution in [3.63, 3.8) is 0 Å². The lowest BCUT2D eigenvalue weighted by Gasteiger charge is -2.34. The van der Waals surface area contributed by atoms with Gasteiger partial charge < -0.3 is 16.2 Å². The maximum atomic E-state index is 11.4. The summed E-state index contributed by atoms with van der Waals surface area (Å²) < 4.78 is 31.7. The molecule has 0 atom stereocenters. The SMILES string of the molecule is Cc1cc(CNC2CCC(C)(C)CC2)ccc1-c1cccc(C(N)=O)c1.O=C(O)C(F)(F)F. The topological polar surface area (TPSA) is 92.4 Å². The van der Waals surface area contributed by atoms with Crippen molar-refractivity contribution < 1.29 is 27.9 Å². The molecule has 0 spiro atoms. The first kappa shape index (κ1) is 26.4. The molecule has 1 saturated carbocycles. The van der Waals surface area contributed by atoms with Gasteiger partial charge in [-0.05, 0) is 72.4 Å². The number of alkyl halides is 3. The lowest BCUT2D eigenvalue weighted by molar-refractivity contribution is -0.192. The Hall–Kier alpha value is -2.87. The van der Waals surface area contributed by atoms with Gasteiger partial charge in [0.1, 0.15) is 0 Å². The van der Waals surface area contributed by atoms with Gasteiger partial charge in [-0.2, -0.15) is 13.2 Å². The molecular weight excluding hydrogens is 433 g/mol. The Bertz CT molecular complexity index is 977. The van der Waals surface area contributed by atoms with Crippen LogP contribution in [0, 0.1) is 12.3 Å². The zero-order valence-corrected chi connectivity index (χ0v) is 19.1. The van der Waals surface area contributed by atoms with Gasteiger partial charge in [-0.25, -0.2) is 4.79 Å². The summed E-state index contributed by atoms with van der Waals surface area (Å²) in [5.41, 5.74) is 11.2. The van der Waals surface area contributed by atoms with Crippen molar-refractivity contribution in [3.8, 4) is 11.1 Å². The average Bonchev–Trinajstić information content (AvgIpc) is 2.73. The van der Waals surface area contributed by atoms with Crippen molar-refractivity contribution in [2.75, 3.05) is 0 Å². The molecule has 0 saturated heterocycles. The van der Waals surface area contributed by atoms with E-state index in [0.717, 1.165) is 17.7 Å². The first-order valence-electron chi connectivity index (χ1n) is 10.8. The Morgan fingerprint density at radius 2 is 1.73 bits per heavy atom. The van der Waals surface area contributed by atoms with Crippen LogP contribution in [-0.4, -0.2) is 29.2 Å². The summed E-state index contributed by atoms with van der Waals surface area (Å²) in [4.78, 5) is 20.3. The third-order valence-corrected chi connectivity index (χ3v) is 5.93. The highest BCUT2D eigenvalue weighted by atomic mass is 19.4. The number of carbonyl (C=O) groups excluding carboxylic acids is 1. The van der Waals surface area contributed by atoms with Crippen LogP contribution in [-0.2, 0) is 11.3 Å². The van der Waals surface area contributed by atoms with Crippen molar-refractivity contribution in [1.29, 1.82) is 0 Å². The fourth-order valence-corrected chi connectivity index (χ4v) is 3.87. The van der Waals surface area contributed by atoms with Gasteiger partial charge in [0.2, 0.25) is 5.91 Å². The molecule has 4 N–H and O–H groups in total. The highest BCUT2D eigenvalue weighted by Gasteiger charge is 2.38. The Balaban J connectivity index is 0.000000479. The first-order chi connectivity index (χ1) is 15.3. The number of carboxylic acid groups (broad SMARTS) is 1. The van der Waals surface area contributed by atoms with E-state index in [4.69, 9.17) is 15.6 Å². The third-order valence-electron chi connectivity index (χ3n) is 5.93. The number of aryl methyl sites for hydroxylation is 1. The van der Waals surface area contributed by atoms with E-state index >= 15 is 0 Å². The minimum Gasteiger partial charge on any atom is -0.475 e. The smallest absolute Gasteiger partial charge is 0.475 e. The van der Waals surface area contributed by atoms with Crippen molar-refractivity contribution >= 4 is 11.9 Å². The molecule has 1 aliphatic rings. The highest BCUT2D eigenvalue weighted by molar-refractivity contribution is 5.94. The van der Waals surface area contributed by atoms with Crippen LogP contribution in [0.1, 0.15) is 61.0 Å². The molecule has 3 rings (SSSR count). The third kappa shape index (κ3) is 8.20. The Labute approximate surface area is 192 Å². The molecule has 1 fully saturated rings. The van der Waals surface area contributed by atoms with Gasteiger partial charge in [0.05, 0.1) is 0 Å². The number of halogens is 3. The number of carbonyl (C=O) groups is 2. The van der Waals surface area contributed by atoms with Crippen LogP contribution in [0.3, 0.4) is 0 Å². The van der Waals surface area contributed by atoms with Gasteiger partial charge in [0.15, 0.2) is 0 Å². The van der Waals surface area contributed by atoms with Crippen LogP contribution >= 0.6 is 0 Å². The Morgan fingerprint density at radius 1 is 1.12 bits per heavy atom. The number of primary amides is 1. The predicted octanol–water partition coefficient (Wildman–Crippen LogP) is 5.45. The molecule has 2 aromatic rings. The van der Waals surface area contributed by atoms with Crippen LogP contribution in [0.4, 0.5) is 13.2 Å². The normalized spacial score (nSPS) is 15.9. The molecule has 2 aromatic carbocycles. The van der Waals surface area contributed by atoms with Gasteiger partial charge >= 0.3 is 12.1 Å². The minimum absolute atomic E-state index is 0.388. The lowest BCUT2D eigenvalue weighted by Crippen LogP contribution is -2.35. The number of carboxylic acids is 1. The van der Waals surface area contributed by atoms with Crippen molar-refractivity contribution in [2.45, 2.75) is 65.2 Å². The van der Waals surface area contributed by atoms with E-state index in [1.807, 2.05) is 18.2 Å². The number of nitrogens with one attached hydrogen (secondary N) is 1. The second-order valence-electron chi connectivity index (χ2n) is 9.22. The Morgan fingerprint density at radius 3 is 2.24 bits per heavy atom. The fourth-order valence-electron chi connectivity index (χ4n) is 3.87. The molecular formula is C25H31F3N2O3. The number of amides is 1. The van der Waals surface area contributed by atoms with Crippen LogP contribution < -0.4 is 11.1 Å². The summed E-state index contributed by atoms with van der Waals surface area (Å²) in [6.07, 6.45) is 0.0611. The molecule has 33 heavy (non-hydrogen) atoms. The summed E-state index contributed by atoms with van der Waals surface area (Å²) in [7, 11) is 0. The molecule has 0 aliphatic heterocycles. The number of nitrogens with two attached hydrogens (primary N) is 1. The van der Waals surface area contributed by atoms with E-state index in [9.17, 15) is 18.0 Å². The molecule has 180 valence electrons. The fraction of sp³-hybridized carbons (Fsp3) is 0.440. The van der Waals surface area contributed by atoms with Gasteiger partial charge in [-0.15, -0.1) is 0 Å². The van der Waals surface area contributed by atoms with E-state index in [0.29, 0.717) is 17.0 Å². The molecule has 0 heterocycles. The maximum Gasteiger partial charge on any atom is 0.490 e. The molecule has 1 aliphatic carbocycles. The summed E-state index contributed by atoms with van der Waals surface area (Å²) in [6, 6.07) is 14.7. The summed E-state index contributed by atoms with van der Waals surface area (Å²) >= 11 is 0. The predicted molar refractivity (Wildman–Crippen MR) is 122 cm³/mol.